The summed E-state index contributed by atoms with van der Waals surface area (Å²) in [5.41, 5.74) is 1.35. The lowest BCUT2D eigenvalue weighted by atomic mass is 9.79. The zero-order valence-corrected chi connectivity index (χ0v) is 29.3. The van der Waals surface area contributed by atoms with Crippen LogP contribution in [0.3, 0.4) is 0 Å². The number of unbranched alkanes of at least 4 members (excludes halogenated alkanes) is 14. The quantitative estimate of drug-likeness (QED) is 0.0878. The van der Waals surface area contributed by atoms with E-state index in [4.69, 9.17) is 9.57 Å². The average Bonchev–Trinajstić information content (AvgIpc) is 2.90. The molecule has 0 spiro atoms. The van der Waals surface area contributed by atoms with Gasteiger partial charge in [0.2, 0.25) is 0 Å². The molecule has 1 N–H and O–H groups in total. The van der Waals surface area contributed by atoms with Gasteiger partial charge in [0, 0.05) is 11.1 Å². The molecule has 5 nitrogen and oxygen atoms in total. The van der Waals surface area contributed by atoms with Gasteiger partial charge in [-0.1, -0.05) is 138 Å². The lowest BCUT2D eigenvalue weighted by Crippen LogP contribution is -2.40. The van der Waals surface area contributed by atoms with Gasteiger partial charge in [0.15, 0.2) is 0 Å². The topological polar surface area (TPSA) is 59.0 Å². The number of phenols is 1. The smallest absolute Gasteiger partial charge is 0.313 e. The Hall–Kier alpha value is -1.75. The number of anilines is 1. The van der Waals surface area contributed by atoms with E-state index < -0.39 is 5.41 Å². The van der Waals surface area contributed by atoms with Crippen molar-refractivity contribution >= 4 is 11.7 Å². The zero-order valence-electron chi connectivity index (χ0n) is 29.3. The Kier molecular flexibility index (Phi) is 17.1. The molecule has 1 rings (SSSR count). The van der Waals surface area contributed by atoms with E-state index in [-0.39, 0.29) is 16.8 Å². The molecular weight excluding hydrogens is 522 g/mol. The number of hydrogen-bond acceptors (Lipinski definition) is 5. The first-order chi connectivity index (χ1) is 19.6. The molecule has 0 heterocycles. The minimum absolute atomic E-state index is 0.252. The van der Waals surface area contributed by atoms with Crippen LogP contribution in [0.1, 0.15) is 170 Å². The highest BCUT2D eigenvalue weighted by atomic mass is 16.7. The molecule has 0 saturated carbocycles. The normalized spacial score (nSPS) is 12.5. The largest absolute Gasteiger partial charge is 0.507 e. The van der Waals surface area contributed by atoms with Crippen molar-refractivity contribution in [3.63, 3.8) is 0 Å². The number of methoxy groups -OCH3 is 1. The fourth-order valence-corrected chi connectivity index (χ4v) is 5.47. The monoisotopic (exact) mass is 590 g/mol. The number of ether oxygens (including phenoxy) is 1. The summed E-state index contributed by atoms with van der Waals surface area (Å²) in [6, 6.07) is 4.04. The first kappa shape index (κ1) is 38.3. The van der Waals surface area contributed by atoms with Gasteiger partial charge >= 0.3 is 5.97 Å². The van der Waals surface area contributed by atoms with Gasteiger partial charge in [0.1, 0.15) is 5.75 Å². The highest BCUT2D eigenvalue weighted by molar-refractivity contribution is 5.76. The number of rotatable bonds is 21. The van der Waals surface area contributed by atoms with Crippen LogP contribution in [0.2, 0.25) is 0 Å². The molecule has 1 aromatic carbocycles. The average molecular weight is 590 g/mol. The Morgan fingerprint density at radius 2 is 1.07 bits per heavy atom. The molecule has 0 saturated heterocycles. The van der Waals surface area contributed by atoms with Crippen molar-refractivity contribution in [2.75, 3.05) is 25.3 Å². The fraction of sp³-hybridized carbons (Fsp3) is 0.811. The molecule has 0 atom stereocenters. The van der Waals surface area contributed by atoms with E-state index in [2.05, 4.69) is 48.5 Å². The molecule has 0 unspecified atom stereocenters. The second kappa shape index (κ2) is 18.8. The molecule has 0 amide bonds. The number of aromatic hydroxyl groups is 1. The van der Waals surface area contributed by atoms with E-state index >= 15 is 0 Å². The maximum Gasteiger partial charge on any atom is 0.313 e. The van der Waals surface area contributed by atoms with E-state index in [1.165, 1.54) is 90.6 Å². The number of hydrogen-bond donors (Lipinski definition) is 1. The fourth-order valence-electron chi connectivity index (χ4n) is 5.47. The lowest BCUT2D eigenvalue weighted by Gasteiger charge is -2.34. The molecule has 0 aliphatic heterocycles. The molecule has 0 radical (unpaired) electrons. The summed E-state index contributed by atoms with van der Waals surface area (Å²) < 4.78 is 5.10. The Labute approximate surface area is 260 Å². The van der Waals surface area contributed by atoms with Gasteiger partial charge in [-0.2, -0.15) is 0 Å². The van der Waals surface area contributed by atoms with Crippen LogP contribution in [0, 0.1) is 5.41 Å². The number of nitrogens with zero attached hydrogens (tertiary/aromatic N) is 1. The molecule has 0 aromatic heterocycles. The van der Waals surface area contributed by atoms with Crippen LogP contribution in [-0.4, -0.2) is 31.3 Å². The molecule has 0 fully saturated rings. The second-order valence-electron chi connectivity index (χ2n) is 15.1. The molecule has 0 aliphatic carbocycles. The molecular formula is C37H67NO4. The molecule has 0 aliphatic rings. The van der Waals surface area contributed by atoms with Crippen molar-refractivity contribution < 1.29 is 19.5 Å². The van der Waals surface area contributed by atoms with E-state index in [1.54, 1.807) is 0 Å². The maximum atomic E-state index is 12.6. The summed E-state index contributed by atoms with van der Waals surface area (Å²) >= 11 is 0. The first-order valence-corrected chi connectivity index (χ1v) is 17.0. The van der Waals surface area contributed by atoms with Gasteiger partial charge < -0.3 is 9.84 Å². The van der Waals surface area contributed by atoms with Gasteiger partial charge in [-0.15, -0.1) is 0 Å². The molecule has 42 heavy (non-hydrogen) atoms. The number of hydroxylamine groups is 1. The van der Waals surface area contributed by atoms with E-state index in [0.29, 0.717) is 18.9 Å². The molecule has 0 bridgehead atoms. The summed E-state index contributed by atoms with van der Waals surface area (Å²) in [7, 11) is 1.43. The van der Waals surface area contributed by atoms with Crippen LogP contribution in [0.25, 0.3) is 0 Å². The Balaban J connectivity index is 2.68. The minimum Gasteiger partial charge on any atom is -0.507 e. The van der Waals surface area contributed by atoms with Gasteiger partial charge in [0.25, 0.3) is 0 Å². The predicted octanol–water partition coefficient (Wildman–Crippen LogP) is 10.8. The van der Waals surface area contributed by atoms with Crippen molar-refractivity contribution in [1.29, 1.82) is 0 Å². The van der Waals surface area contributed by atoms with Crippen molar-refractivity contribution in [2.45, 2.75) is 169 Å². The number of carbonyl (C=O) groups is 1. The third-order valence-electron chi connectivity index (χ3n) is 8.27. The Bertz CT molecular complexity index is 859. The Morgan fingerprint density at radius 1 is 0.690 bits per heavy atom. The molecule has 5 heteroatoms. The number of esters is 1. The third-order valence-corrected chi connectivity index (χ3v) is 8.27. The second-order valence-corrected chi connectivity index (χ2v) is 15.1. The van der Waals surface area contributed by atoms with Crippen LogP contribution in [-0.2, 0) is 25.2 Å². The highest BCUT2D eigenvalue weighted by Gasteiger charge is 2.34. The maximum absolute atomic E-state index is 12.6. The standard InChI is InChI=1S/C37H67NO4/c1-11-12-13-14-15-16-17-18-19-20-21-22-23-24-25-26-42-38(29-37(8,9)34(40)41-10)30-27-31(35(2,3)4)33(39)32(28-30)36(5,6)7/h27-28,39H,11-26,29H2,1-10H3. The van der Waals surface area contributed by atoms with Crippen LogP contribution in [0.15, 0.2) is 12.1 Å². The zero-order chi connectivity index (χ0) is 31.8. The van der Waals surface area contributed by atoms with Gasteiger partial charge in [-0.3, -0.25) is 14.7 Å². The van der Waals surface area contributed by atoms with Gasteiger partial charge in [-0.25, -0.2) is 0 Å². The number of benzene rings is 1. The molecule has 244 valence electrons. The van der Waals surface area contributed by atoms with Gasteiger partial charge in [-0.05, 0) is 43.2 Å². The van der Waals surface area contributed by atoms with E-state index in [0.717, 1.165) is 29.7 Å². The Morgan fingerprint density at radius 3 is 1.43 bits per heavy atom. The van der Waals surface area contributed by atoms with Crippen LogP contribution in [0.4, 0.5) is 5.69 Å². The number of carbonyl (C=O) groups excluding carboxylic acids is 1. The van der Waals surface area contributed by atoms with Crippen molar-refractivity contribution in [2.24, 2.45) is 5.41 Å². The van der Waals surface area contributed by atoms with E-state index in [1.807, 2.05) is 31.0 Å². The van der Waals surface area contributed by atoms with Crippen LogP contribution >= 0.6 is 0 Å². The SMILES string of the molecule is CCCCCCCCCCCCCCCCCON(CC(C)(C)C(=O)OC)c1cc(C(C)(C)C)c(O)c(C(C)(C)C)c1. The van der Waals surface area contributed by atoms with E-state index in [9.17, 15) is 9.90 Å². The predicted molar refractivity (Wildman–Crippen MR) is 180 cm³/mol. The summed E-state index contributed by atoms with van der Waals surface area (Å²) in [5, 5.41) is 13.1. The summed E-state index contributed by atoms with van der Waals surface area (Å²) in [6.07, 6.45) is 19.9. The van der Waals surface area contributed by atoms with Crippen molar-refractivity contribution in [3.05, 3.63) is 23.3 Å². The first-order valence-electron chi connectivity index (χ1n) is 17.0. The van der Waals surface area contributed by atoms with Crippen molar-refractivity contribution in [3.8, 4) is 5.75 Å². The summed E-state index contributed by atoms with van der Waals surface area (Å²) in [6.45, 7) is 19.7. The molecule has 1 aromatic rings. The van der Waals surface area contributed by atoms with Gasteiger partial charge in [0.05, 0.1) is 31.4 Å². The van der Waals surface area contributed by atoms with Crippen LogP contribution in [0.5, 0.6) is 5.75 Å². The lowest BCUT2D eigenvalue weighted by molar-refractivity contribution is -0.151. The highest BCUT2D eigenvalue weighted by Crippen LogP contribution is 2.42. The third kappa shape index (κ3) is 14.1. The summed E-state index contributed by atoms with van der Waals surface area (Å²) in [5.74, 6) is 0.0716. The minimum atomic E-state index is -0.758. The van der Waals surface area contributed by atoms with Crippen molar-refractivity contribution in [1.82, 2.24) is 0 Å². The van der Waals surface area contributed by atoms with Crippen LogP contribution < -0.4 is 5.06 Å². The number of phenolic OH excluding ortho intramolecular Hbond substituents is 1. The summed E-state index contributed by atoms with van der Waals surface area (Å²) in [4.78, 5) is 19.0.